The van der Waals surface area contributed by atoms with Crippen molar-refractivity contribution in [3.05, 3.63) is 46.8 Å². The third-order valence-electron chi connectivity index (χ3n) is 4.83. The predicted molar refractivity (Wildman–Crippen MR) is 86.3 cm³/mol. The Hall–Kier alpha value is -2.30. The fourth-order valence-corrected chi connectivity index (χ4v) is 3.55. The van der Waals surface area contributed by atoms with Crippen molar-refractivity contribution in [2.24, 2.45) is 0 Å². The van der Waals surface area contributed by atoms with E-state index in [1.807, 2.05) is 31.3 Å². The second-order valence-electron chi connectivity index (χ2n) is 6.45. The first-order valence-electron chi connectivity index (χ1n) is 8.27. The molecule has 1 amide bonds. The molecule has 0 saturated heterocycles. The number of hydrogen-bond acceptors (Lipinski definition) is 3. The molecular weight excluding hydrogens is 290 g/mol. The number of carbonyl (C=O) groups is 1. The number of benzene rings is 1. The van der Waals surface area contributed by atoms with Crippen LogP contribution in [0.15, 0.2) is 24.3 Å². The highest BCUT2D eigenvalue weighted by Gasteiger charge is 2.31. The fraction of sp³-hybridized carbons (Fsp3) is 0.444. The monoisotopic (exact) mass is 311 g/mol. The number of likely N-dealkylation sites (N-methyl/N-ethyl adjacent to an activating group) is 1. The molecule has 0 saturated carbocycles. The number of nitrogens with zero attached hydrogens (tertiary/aromatic N) is 2. The van der Waals surface area contributed by atoms with Crippen molar-refractivity contribution < 1.29 is 9.53 Å². The van der Waals surface area contributed by atoms with E-state index < -0.39 is 6.10 Å². The van der Waals surface area contributed by atoms with Gasteiger partial charge in [0.2, 0.25) is 0 Å². The van der Waals surface area contributed by atoms with Gasteiger partial charge in [-0.15, -0.1) is 0 Å². The number of rotatable bonds is 3. The summed E-state index contributed by atoms with van der Waals surface area (Å²) in [7, 11) is 1.83. The molecule has 0 radical (unpaired) electrons. The van der Waals surface area contributed by atoms with E-state index in [4.69, 9.17) is 4.74 Å². The molecule has 1 N–H and O–H groups in total. The van der Waals surface area contributed by atoms with Gasteiger partial charge < -0.3 is 9.64 Å². The molecule has 4 rings (SSSR count). The number of amides is 1. The minimum atomic E-state index is -0.410. The van der Waals surface area contributed by atoms with E-state index in [0.717, 1.165) is 29.8 Å². The number of aryl methyl sites for hydroxylation is 1. The van der Waals surface area contributed by atoms with Crippen molar-refractivity contribution in [3.8, 4) is 5.75 Å². The Balaban J connectivity index is 1.45. The molecule has 0 fully saturated rings. The van der Waals surface area contributed by atoms with Gasteiger partial charge >= 0.3 is 0 Å². The average Bonchev–Trinajstić information content (AvgIpc) is 3.18. The fourth-order valence-electron chi connectivity index (χ4n) is 3.55. The van der Waals surface area contributed by atoms with Crippen molar-refractivity contribution >= 4 is 5.91 Å². The lowest BCUT2D eigenvalue weighted by atomic mass is 9.96. The highest BCUT2D eigenvalue weighted by Crippen LogP contribution is 2.29. The minimum Gasteiger partial charge on any atom is -0.480 e. The van der Waals surface area contributed by atoms with Crippen LogP contribution in [0.1, 0.15) is 35.4 Å². The zero-order chi connectivity index (χ0) is 15.8. The third kappa shape index (κ3) is 2.60. The highest BCUT2D eigenvalue weighted by molar-refractivity contribution is 5.82. The van der Waals surface area contributed by atoms with E-state index in [0.29, 0.717) is 13.0 Å². The van der Waals surface area contributed by atoms with Crippen molar-refractivity contribution in [3.63, 3.8) is 0 Å². The van der Waals surface area contributed by atoms with Crippen LogP contribution >= 0.6 is 0 Å². The summed E-state index contributed by atoms with van der Waals surface area (Å²) in [6.45, 7) is 0.543. The van der Waals surface area contributed by atoms with Gasteiger partial charge in [-0.2, -0.15) is 5.10 Å². The van der Waals surface area contributed by atoms with E-state index in [-0.39, 0.29) is 5.91 Å². The number of para-hydroxylation sites is 1. The van der Waals surface area contributed by atoms with Gasteiger partial charge in [0.15, 0.2) is 6.10 Å². The maximum absolute atomic E-state index is 12.7. The topological polar surface area (TPSA) is 58.2 Å². The summed E-state index contributed by atoms with van der Waals surface area (Å²) >= 11 is 0. The SMILES string of the molecule is CN(Cc1n[nH]c2c1CCCC2)C(=O)[C@@H]1Cc2ccccc2O1. The van der Waals surface area contributed by atoms with Crippen LogP contribution in [0.25, 0.3) is 0 Å². The number of hydrogen-bond donors (Lipinski definition) is 1. The highest BCUT2D eigenvalue weighted by atomic mass is 16.5. The van der Waals surface area contributed by atoms with Crippen LogP contribution in [-0.4, -0.2) is 34.2 Å². The summed E-state index contributed by atoms with van der Waals surface area (Å²) in [5.41, 5.74) is 4.67. The Kier molecular flexibility index (Phi) is 3.56. The molecule has 0 spiro atoms. The predicted octanol–water partition coefficient (Wildman–Crippen LogP) is 2.25. The van der Waals surface area contributed by atoms with Crippen molar-refractivity contribution in [2.75, 3.05) is 7.05 Å². The zero-order valence-corrected chi connectivity index (χ0v) is 13.3. The van der Waals surface area contributed by atoms with Gasteiger partial charge in [0.05, 0.1) is 12.2 Å². The lowest BCUT2D eigenvalue weighted by Gasteiger charge is -2.21. The van der Waals surface area contributed by atoms with Crippen LogP contribution in [0.5, 0.6) is 5.75 Å². The summed E-state index contributed by atoms with van der Waals surface area (Å²) < 4.78 is 5.80. The first kappa shape index (κ1) is 14.3. The molecular formula is C18H21N3O2. The molecule has 2 aromatic rings. The second kappa shape index (κ2) is 5.72. The molecule has 1 aliphatic heterocycles. The number of ether oxygens (including phenoxy) is 1. The molecule has 0 unspecified atom stereocenters. The Labute approximate surface area is 135 Å². The van der Waals surface area contributed by atoms with Crippen LogP contribution in [0.2, 0.25) is 0 Å². The maximum atomic E-state index is 12.7. The Morgan fingerprint density at radius 1 is 1.35 bits per heavy atom. The van der Waals surface area contributed by atoms with Crippen molar-refractivity contribution in [2.45, 2.75) is 44.8 Å². The standard InChI is InChI=1S/C18H21N3O2/c1-21(11-15-13-7-3-4-8-14(13)19-20-15)18(22)17-10-12-6-2-5-9-16(12)23-17/h2,5-6,9,17H,3-4,7-8,10-11H2,1H3,(H,19,20)/t17-/m0/s1. The molecule has 1 aromatic heterocycles. The van der Waals surface area contributed by atoms with Crippen molar-refractivity contribution in [1.29, 1.82) is 0 Å². The largest absolute Gasteiger partial charge is 0.480 e. The van der Waals surface area contributed by atoms with E-state index in [1.54, 1.807) is 4.90 Å². The molecule has 0 bridgehead atoms. The first-order chi connectivity index (χ1) is 11.2. The molecule has 1 atom stereocenters. The third-order valence-corrected chi connectivity index (χ3v) is 4.83. The second-order valence-corrected chi connectivity index (χ2v) is 6.45. The average molecular weight is 311 g/mol. The van der Waals surface area contributed by atoms with Gasteiger partial charge in [-0.05, 0) is 42.9 Å². The van der Waals surface area contributed by atoms with Crippen LogP contribution in [-0.2, 0) is 30.6 Å². The molecule has 120 valence electrons. The Morgan fingerprint density at radius 3 is 3.04 bits per heavy atom. The molecule has 1 aliphatic carbocycles. The lowest BCUT2D eigenvalue weighted by molar-refractivity contribution is -0.137. The zero-order valence-electron chi connectivity index (χ0n) is 13.3. The summed E-state index contributed by atoms with van der Waals surface area (Å²) in [4.78, 5) is 14.4. The quantitative estimate of drug-likeness (QED) is 0.946. The summed E-state index contributed by atoms with van der Waals surface area (Å²) in [6.07, 6.45) is 4.80. The van der Waals surface area contributed by atoms with Gasteiger partial charge in [0, 0.05) is 19.2 Å². The molecule has 2 aliphatic rings. The normalized spacial score (nSPS) is 18.9. The molecule has 23 heavy (non-hydrogen) atoms. The molecule has 5 heteroatoms. The lowest BCUT2D eigenvalue weighted by Crippen LogP contribution is -2.38. The number of aromatic nitrogens is 2. The van der Waals surface area contributed by atoms with Crippen LogP contribution < -0.4 is 4.74 Å². The van der Waals surface area contributed by atoms with Crippen LogP contribution in [0, 0.1) is 0 Å². The molecule has 1 aromatic carbocycles. The molecule has 5 nitrogen and oxygen atoms in total. The number of fused-ring (bicyclic) bond motifs is 2. The minimum absolute atomic E-state index is 0.0220. The summed E-state index contributed by atoms with van der Waals surface area (Å²) in [6, 6.07) is 7.86. The summed E-state index contributed by atoms with van der Waals surface area (Å²) in [5.74, 6) is 0.852. The first-order valence-corrected chi connectivity index (χ1v) is 8.27. The number of carbonyl (C=O) groups excluding carboxylic acids is 1. The van der Waals surface area contributed by atoms with Gasteiger partial charge in [-0.1, -0.05) is 18.2 Å². The Bertz CT molecular complexity index is 713. The van der Waals surface area contributed by atoms with Crippen molar-refractivity contribution in [1.82, 2.24) is 15.1 Å². The molecule has 2 heterocycles. The van der Waals surface area contributed by atoms with Gasteiger partial charge in [-0.25, -0.2) is 0 Å². The number of aromatic amines is 1. The smallest absolute Gasteiger partial charge is 0.264 e. The van der Waals surface area contributed by atoms with Crippen LogP contribution in [0.4, 0.5) is 0 Å². The van der Waals surface area contributed by atoms with E-state index in [9.17, 15) is 4.79 Å². The van der Waals surface area contributed by atoms with E-state index in [2.05, 4.69) is 10.2 Å². The summed E-state index contributed by atoms with van der Waals surface area (Å²) in [5, 5.41) is 7.56. The number of nitrogens with one attached hydrogen (secondary N) is 1. The van der Waals surface area contributed by atoms with Gasteiger partial charge in [0.25, 0.3) is 5.91 Å². The van der Waals surface area contributed by atoms with E-state index >= 15 is 0 Å². The van der Waals surface area contributed by atoms with E-state index in [1.165, 1.54) is 24.1 Å². The Morgan fingerprint density at radius 2 is 2.17 bits per heavy atom. The van der Waals surface area contributed by atoms with Gasteiger partial charge in [-0.3, -0.25) is 9.89 Å². The van der Waals surface area contributed by atoms with Gasteiger partial charge in [0.1, 0.15) is 5.75 Å². The maximum Gasteiger partial charge on any atom is 0.264 e. The van der Waals surface area contributed by atoms with Crippen LogP contribution in [0.3, 0.4) is 0 Å². The number of H-pyrrole nitrogens is 1.